The van der Waals surface area contributed by atoms with E-state index in [0.29, 0.717) is 6.61 Å². The fourth-order valence-corrected chi connectivity index (χ4v) is 2.98. The normalized spacial score (nSPS) is 26.6. The minimum absolute atomic E-state index is 0.200. The number of ether oxygens (including phenoxy) is 6. The van der Waals surface area contributed by atoms with E-state index in [0.717, 1.165) is 32.3 Å². The van der Waals surface area contributed by atoms with Gasteiger partial charge < -0.3 is 34.2 Å². The molecule has 10 nitrogen and oxygen atoms in total. The number of unbranched alkanes of at least 4 members (excludes halogenated alkanes) is 3. The van der Waals surface area contributed by atoms with Crippen LogP contribution in [0.5, 0.6) is 0 Å². The van der Waals surface area contributed by atoms with E-state index < -0.39 is 48.6 Å². The Kier molecular flexibility index (Phi) is 11.7. The Bertz CT molecular complexity index is 528. The summed E-state index contributed by atoms with van der Waals surface area (Å²) in [6, 6.07) is -0.884. The molecule has 0 aliphatic carbocycles. The molecular formula is C19H33NO9. The molecule has 0 amide bonds. The number of methoxy groups -OCH3 is 1. The Hall–Kier alpha value is -1.75. The Morgan fingerprint density at radius 1 is 0.862 bits per heavy atom. The largest absolute Gasteiger partial charge is 0.463 e. The van der Waals surface area contributed by atoms with E-state index >= 15 is 0 Å². The van der Waals surface area contributed by atoms with Gasteiger partial charge in [-0.15, -0.1) is 0 Å². The second kappa shape index (κ2) is 13.5. The Morgan fingerprint density at radius 2 is 1.45 bits per heavy atom. The van der Waals surface area contributed by atoms with Gasteiger partial charge in [-0.2, -0.15) is 0 Å². The standard InChI is InChI=1S/C19H33NO9/c1-12(21)26-11-15-17(27-13(2)22)18(28-14(3)23)16(20)19(29-15)25-10-8-6-5-7-9-24-4/h15-19H,5-11,20H2,1-4H3/t15?,16?,17-,18?,19+/m0/s1. The zero-order chi connectivity index (χ0) is 21.8. The van der Waals surface area contributed by atoms with Crippen molar-refractivity contribution in [2.45, 2.75) is 77.1 Å². The summed E-state index contributed by atoms with van der Waals surface area (Å²) in [5, 5.41) is 0. The Balaban J connectivity index is 2.77. The molecule has 10 heteroatoms. The molecule has 1 heterocycles. The summed E-state index contributed by atoms with van der Waals surface area (Å²) in [6.45, 7) is 4.59. The number of carbonyl (C=O) groups excluding carboxylic acids is 3. The highest BCUT2D eigenvalue weighted by Gasteiger charge is 2.49. The molecule has 1 saturated heterocycles. The van der Waals surface area contributed by atoms with Crippen molar-refractivity contribution < 1.29 is 42.8 Å². The summed E-state index contributed by atoms with van der Waals surface area (Å²) in [7, 11) is 1.67. The molecule has 1 rings (SSSR count). The van der Waals surface area contributed by atoms with Gasteiger partial charge in [-0.1, -0.05) is 12.8 Å². The first-order valence-corrected chi connectivity index (χ1v) is 9.75. The molecule has 0 spiro atoms. The van der Waals surface area contributed by atoms with Gasteiger partial charge in [0.15, 0.2) is 18.5 Å². The monoisotopic (exact) mass is 419 g/mol. The summed E-state index contributed by atoms with van der Waals surface area (Å²) in [5.74, 6) is -1.72. The van der Waals surface area contributed by atoms with Gasteiger partial charge in [0.25, 0.3) is 0 Å². The molecule has 1 aliphatic heterocycles. The van der Waals surface area contributed by atoms with E-state index in [1.54, 1.807) is 7.11 Å². The molecule has 0 bridgehead atoms. The molecule has 5 atom stereocenters. The van der Waals surface area contributed by atoms with E-state index in [2.05, 4.69) is 0 Å². The van der Waals surface area contributed by atoms with Crippen molar-refractivity contribution in [2.75, 3.05) is 26.9 Å². The van der Waals surface area contributed by atoms with E-state index in [4.69, 9.17) is 34.2 Å². The van der Waals surface area contributed by atoms with Gasteiger partial charge in [-0.3, -0.25) is 14.4 Å². The predicted octanol–water partition coefficient (Wildman–Crippen LogP) is 0.689. The molecule has 0 aromatic heterocycles. The van der Waals surface area contributed by atoms with Crippen molar-refractivity contribution >= 4 is 17.9 Å². The van der Waals surface area contributed by atoms with E-state index in [1.807, 2.05) is 0 Å². The van der Waals surface area contributed by atoms with Crippen LogP contribution in [0.15, 0.2) is 0 Å². The third kappa shape index (κ3) is 9.53. The maximum absolute atomic E-state index is 11.6. The van der Waals surface area contributed by atoms with Crippen LogP contribution in [0.4, 0.5) is 0 Å². The first-order chi connectivity index (χ1) is 13.8. The molecule has 1 aliphatic rings. The van der Waals surface area contributed by atoms with Crippen molar-refractivity contribution in [1.82, 2.24) is 0 Å². The average Bonchev–Trinajstić information content (AvgIpc) is 2.63. The van der Waals surface area contributed by atoms with Crippen molar-refractivity contribution in [3.63, 3.8) is 0 Å². The fourth-order valence-electron chi connectivity index (χ4n) is 2.98. The first kappa shape index (κ1) is 25.3. The van der Waals surface area contributed by atoms with Crippen LogP contribution in [0.25, 0.3) is 0 Å². The maximum Gasteiger partial charge on any atom is 0.303 e. The van der Waals surface area contributed by atoms with Crippen LogP contribution in [0.1, 0.15) is 46.5 Å². The highest BCUT2D eigenvalue weighted by atomic mass is 16.7. The van der Waals surface area contributed by atoms with Gasteiger partial charge in [0, 0.05) is 41.1 Å². The SMILES string of the molecule is COCCCCCCO[C@@H]1OC(COC(C)=O)[C@H](OC(C)=O)C(OC(C)=O)C1N. The van der Waals surface area contributed by atoms with Crippen molar-refractivity contribution in [3.8, 4) is 0 Å². The molecule has 2 N–H and O–H groups in total. The number of carbonyl (C=O) groups is 3. The topological polar surface area (TPSA) is 133 Å². The maximum atomic E-state index is 11.6. The van der Waals surface area contributed by atoms with Crippen LogP contribution in [0, 0.1) is 0 Å². The van der Waals surface area contributed by atoms with Crippen LogP contribution in [0.3, 0.4) is 0 Å². The van der Waals surface area contributed by atoms with Crippen molar-refractivity contribution in [1.29, 1.82) is 0 Å². The summed E-state index contributed by atoms with van der Waals surface area (Å²) in [4.78, 5) is 34.3. The van der Waals surface area contributed by atoms with Gasteiger partial charge in [-0.05, 0) is 12.8 Å². The lowest BCUT2D eigenvalue weighted by molar-refractivity contribution is -0.274. The number of rotatable bonds is 12. The Labute approximate surface area is 171 Å². The third-order valence-electron chi connectivity index (χ3n) is 4.27. The fraction of sp³-hybridized carbons (Fsp3) is 0.842. The molecule has 0 aromatic carbocycles. The smallest absolute Gasteiger partial charge is 0.303 e. The quantitative estimate of drug-likeness (QED) is 0.274. The van der Waals surface area contributed by atoms with E-state index in [1.165, 1.54) is 20.8 Å². The average molecular weight is 419 g/mol. The lowest BCUT2D eigenvalue weighted by Gasteiger charge is -2.43. The van der Waals surface area contributed by atoms with Gasteiger partial charge in [0.2, 0.25) is 0 Å². The third-order valence-corrected chi connectivity index (χ3v) is 4.27. The number of nitrogens with two attached hydrogens (primary N) is 1. The van der Waals surface area contributed by atoms with Crippen LogP contribution in [-0.2, 0) is 42.8 Å². The van der Waals surface area contributed by atoms with Gasteiger partial charge >= 0.3 is 17.9 Å². The lowest BCUT2D eigenvalue weighted by atomic mass is 9.97. The predicted molar refractivity (Wildman–Crippen MR) is 101 cm³/mol. The summed E-state index contributed by atoms with van der Waals surface area (Å²) in [6.07, 6.45) is -0.114. The molecule has 0 saturated carbocycles. The van der Waals surface area contributed by atoms with Gasteiger partial charge in [-0.25, -0.2) is 0 Å². The van der Waals surface area contributed by atoms with Gasteiger partial charge in [0.05, 0.1) is 6.04 Å². The second-order valence-electron chi connectivity index (χ2n) is 6.85. The van der Waals surface area contributed by atoms with Crippen LogP contribution in [-0.4, -0.2) is 75.5 Å². The van der Waals surface area contributed by atoms with Gasteiger partial charge in [0.1, 0.15) is 12.7 Å². The number of hydrogen-bond donors (Lipinski definition) is 1. The summed E-state index contributed by atoms with van der Waals surface area (Å²) in [5.41, 5.74) is 6.19. The highest BCUT2D eigenvalue weighted by molar-refractivity contribution is 5.67. The van der Waals surface area contributed by atoms with Crippen molar-refractivity contribution in [2.24, 2.45) is 5.73 Å². The van der Waals surface area contributed by atoms with E-state index in [-0.39, 0.29) is 6.61 Å². The number of hydrogen-bond acceptors (Lipinski definition) is 10. The zero-order valence-corrected chi connectivity index (χ0v) is 17.6. The second-order valence-corrected chi connectivity index (χ2v) is 6.85. The first-order valence-electron chi connectivity index (χ1n) is 9.75. The molecule has 0 aromatic rings. The minimum Gasteiger partial charge on any atom is -0.463 e. The van der Waals surface area contributed by atoms with Crippen molar-refractivity contribution in [3.05, 3.63) is 0 Å². The molecule has 0 radical (unpaired) electrons. The highest BCUT2D eigenvalue weighted by Crippen LogP contribution is 2.26. The van der Waals surface area contributed by atoms with Crippen LogP contribution < -0.4 is 5.73 Å². The lowest BCUT2D eigenvalue weighted by Crippen LogP contribution is -2.64. The summed E-state index contributed by atoms with van der Waals surface area (Å²) >= 11 is 0. The molecule has 168 valence electrons. The summed E-state index contributed by atoms with van der Waals surface area (Å²) < 4.78 is 32.1. The molecular weight excluding hydrogens is 386 g/mol. The Morgan fingerprint density at radius 3 is 2.00 bits per heavy atom. The van der Waals surface area contributed by atoms with E-state index in [9.17, 15) is 14.4 Å². The van der Waals surface area contributed by atoms with Crippen LogP contribution >= 0.6 is 0 Å². The number of esters is 3. The minimum atomic E-state index is -1.03. The molecule has 1 fully saturated rings. The zero-order valence-electron chi connectivity index (χ0n) is 17.6. The molecule has 29 heavy (non-hydrogen) atoms. The molecule has 3 unspecified atom stereocenters. The van der Waals surface area contributed by atoms with Crippen LogP contribution in [0.2, 0.25) is 0 Å².